The quantitative estimate of drug-likeness (QED) is 0.0920. The third-order valence-corrected chi connectivity index (χ3v) is 17.9. The highest BCUT2D eigenvalue weighted by molar-refractivity contribution is 7.20. The van der Waals surface area contributed by atoms with Crippen molar-refractivity contribution in [3.63, 3.8) is 0 Å². The summed E-state index contributed by atoms with van der Waals surface area (Å²) in [5.41, 5.74) is 18.8. The van der Waals surface area contributed by atoms with E-state index in [4.69, 9.17) is 16.5 Å². The number of carbonyl (C=O) groups excluding carboxylic acids is 3. The van der Waals surface area contributed by atoms with E-state index in [9.17, 15) is 19.2 Å². The lowest BCUT2D eigenvalue weighted by Gasteiger charge is -2.40. The number of nitrogens with two attached hydrogens (primary N) is 2. The number of likely N-dealkylation sites (tertiary alicyclic amines) is 2. The highest BCUT2D eigenvalue weighted by atomic mass is 32.1. The Bertz CT molecular complexity index is 3760. The van der Waals surface area contributed by atoms with Gasteiger partial charge in [0.2, 0.25) is 11.7 Å². The van der Waals surface area contributed by atoms with Gasteiger partial charge in [-0.1, -0.05) is 48.5 Å². The van der Waals surface area contributed by atoms with E-state index in [1.54, 1.807) is 16.7 Å². The molecule has 0 radical (unpaired) electrons. The van der Waals surface area contributed by atoms with Crippen molar-refractivity contribution in [2.75, 3.05) is 79.8 Å². The highest BCUT2D eigenvalue weighted by Crippen LogP contribution is 2.40. The van der Waals surface area contributed by atoms with Crippen LogP contribution in [0.4, 0.5) is 34.4 Å². The zero-order chi connectivity index (χ0) is 54.5. The summed E-state index contributed by atoms with van der Waals surface area (Å²) in [6, 6.07) is 34.6. The minimum absolute atomic E-state index is 0.0127. The Morgan fingerprint density at radius 3 is 1.87 bits per heavy atom. The fourth-order valence-corrected chi connectivity index (χ4v) is 13.8. The maximum Gasteiger partial charge on any atom is 0.299 e. The van der Waals surface area contributed by atoms with E-state index in [1.807, 2.05) is 85.9 Å². The van der Waals surface area contributed by atoms with Crippen molar-refractivity contribution in [1.29, 1.82) is 0 Å². The van der Waals surface area contributed by atoms with Gasteiger partial charge in [-0.25, -0.2) is 9.97 Å². The van der Waals surface area contributed by atoms with Crippen LogP contribution in [-0.4, -0.2) is 124 Å². The van der Waals surface area contributed by atoms with Crippen LogP contribution in [0.15, 0.2) is 119 Å². The molecule has 2 atom stereocenters. The lowest BCUT2D eigenvalue weighted by molar-refractivity contribution is -0.117. The number of benzene rings is 4. The van der Waals surface area contributed by atoms with Crippen molar-refractivity contribution >= 4 is 95.5 Å². The molecule has 4 aliphatic rings. The molecule has 0 saturated carbocycles. The molecule has 79 heavy (non-hydrogen) atoms. The first kappa shape index (κ1) is 52.0. The number of nitrogen functional groups attached to an aromatic ring is 1. The molecular formula is C59H63N13O5S2. The Labute approximate surface area is 464 Å². The second-order valence-electron chi connectivity index (χ2n) is 21.2. The minimum Gasteiger partial charge on any atom is -0.379 e. The smallest absolute Gasteiger partial charge is 0.299 e. The Kier molecular flexibility index (Phi) is 14.4. The average Bonchev–Trinajstić information content (AvgIpc) is 4.23. The van der Waals surface area contributed by atoms with Crippen LogP contribution in [0, 0.1) is 0 Å². The number of carbonyl (C=O) groups is 3. The zero-order valence-corrected chi connectivity index (χ0v) is 45.9. The number of amides is 3. The van der Waals surface area contributed by atoms with Gasteiger partial charge in [0.1, 0.15) is 9.66 Å². The topological polar surface area (TPSA) is 213 Å². The summed E-state index contributed by atoms with van der Waals surface area (Å²) in [7, 11) is 2.04. The molecule has 8 heterocycles. The fraction of sp³-hybridized carbons (Fsp3) is 0.339. The van der Waals surface area contributed by atoms with E-state index in [1.165, 1.54) is 39.1 Å². The second-order valence-corrected chi connectivity index (χ2v) is 23.2. The first-order valence-electron chi connectivity index (χ1n) is 27.2. The predicted octanol–water partition coefficient (Wildman–Crippen LogP) is 6.97. The number of hydrogen-bond donors (Lipinski definition) is 4. The van der Waals surface area contributed by atoms with Crippen molar-refractivity contribution in [2.45, 2.75) is 70.0 Å². The molecule has 6 N–H and O–H groups in total. The van der Waals surface area contributed by atoms with Gasteiger partial charge in [0, 0.05) is 74.5 Å². The van der Waals surface area contributed by atoms with Crippen LogP contribution in [0.2, 0.25) is 0 Å². The van der Waals surface area contributed by atoms with Crippen molar-refractivity contribution in [3.8, 4) is 11.4 Å². The summed E-state index contributed by atoms with van der Waals surface area (Å²) in [4.78, 5) is 93.8. The van der Waals surface area contributed by atoms with Crippen molar-refractivity contribution in [2.24, 2.45) is 5.73 Å². The SMILES string of the molecule is CC(=O)N(c1nc2sc(C(=O)N[C@@H]3CCN(C)C3)cc2n(-c2ccc3c(c2)N(c2ccccc2)CCC3)c1=O)C1Cc2ccc(-n3c(=O)c(N)nc4sc(C(=O)NC5CCN(CCCN)CC5)cc43)cc2N(c2ccccc2)C1. The number of thiophene rings is 2. The molecule has 0 spiro atoms. The van der Waals surface area contributed by atoms with Gasteiger partial charge < -0.3 is 41.7 Å². The van der Waals surface area contributed by atoms with Gasteiger partial charge in [0.15, 0.2) is 5.82 Å². The number of fused-ring (bicyclic) bond motifs is 4. The first-order chi connectivity index (χ1) is 38.4. The second kappa shape index (κ2) is 21.8. The summed E-state index contributed by atoms with van der Waals surface area (Å²) in [6.07, 6.45) is 5.61. The number of piperidine rings is 1. The number of para-hydroxylation sites is 2. The molecule has 18 nitrogen and oxygen atoms in total. The van der Waals surface area contributed by atoms with Crippen LogP contribution in [0.25, 0.3) is 32.1 Å². The fourth-order valence-electron chi connectivity index (χ4n) is 12.0. The van der Waals surface area contributed by atoms with E-state index in [-0.39, 0.29) is 48.0 Å². The zero-order valence-electron chi connectivity index (χ0n) is 44.3. The van der Waals surface area contributed by atoms with Crippen LogP contribution >= 0.6 is 22.7 Å². The van der Waals surface area contributed by atoms with E-state index in [0.717, 1.165) is 112 Å². The lowest BCUT2D eigenvalue weighted by atomic mass is 9.95. The maximum atomic E-state index is 15.6. The molecule has 406 valence electrons. The standard InChI is InChI=1S/C59H63N13O5S2/c1-36(73)70(53-59(77)72(49-33-51(79-57(49)65-53)55(75)63-40-20-26-66(2)34-40)44-18-16-37-11-9-25-68(46(37)30-44)41-12-5-3-6-13-41)45-29-38-17-19-43(31-47(38)69(35-45)42-14-7-4-8-15-42)71-48-32-50(78-56(48)64-52(61)58(71)76)54(74)62-39-21-27-67(28-22-39)24-10-23-60/h3-8,12-19,30-33,39-40,45H,9-11,20-29,34-35,60H2,1-2H3,(H2,61,64)(H,62,74)(H,63,75)/t40-,45?/m1/s1. The third-order valence-electron chi connectivity index (χ3n) is 15.9. The molecule has 4 aliphatic heterocycles. The number of nitrogens with one attached hydrogen (secondary N) is 2. The molecule has 12 rings (SSSR count). The molecule has 3 amide bonds. The molecular weight excluding hydrogens is 1030 g/mol. The van der Waals surface area contributed by atoms with Gasteiger partial charge in [-0.05, 0) is 143 Å². The molecule has 0 aliphatic carbocycles. The van der Waals surface area contributed by atoms with Gasteiger partial charge in [0.05, 0.1) is 38.2 Å². The van der Waals surface area contributed by atoms with Gasteiger partial charge in [-0.3, -0.25) is 38.0 Å². The van der Waals surface area contributed by atoms with Gasteiger partial charge >= 0.3 is 0 Å². The van der Waals surface area contributed by atoms with Crippen LogP contribution in [0.3, 0.4) is 0 Å². The summed E-state index contributed by atoms with van der Waals surface area (Å²) < 4.78 is 3.13. The van der Waals surface area contributed by atoms with Crippen LogP contribution in [0.5, 0.6) is 0 Å². The Morgan fingerprint density at radius 1 is 0.671 bits per heavy atom. The van der Waals surface area contributed by atoms with E-state index in [2.05, 4.69) is 53.4 Å². The Morgan fingerprint density at radius 2 is 1.25 bits per heavy atom. The third kappa shape index (κ3) is 10.2. The first-order valence-corrected chi connectivity index (χ1v) is 28.8. The maximum absolute atomic E-state index is 15.6. The van der Waals surface area contributed by atoms with E-state index in [0.29, 0.717) is 54.8 Å². The van der Waals surface area contributed by atoms with Crippen LogP contribution in [0.1, 0.15) is 69.5 Å². The average molecular weight is 1100 g/mol. The predicted molar refractivity (Wildman–Crippen MR) is 315 cm³/mol. The number of aryl methyl sites for hydroxylation is 1. The number of anilines is 6. The highest BCUT2D eigenvalue weighted by Gasteiger charge is 2.36. The summed E-state index contributed by atoms with van der Waals surface area (Å²) in [6.45, 7) is 7.48. The summed E-state index contributed by atoms with van der Waals surface area (Å²) in [5, 5.41) is 6.42. The van der Waals surface area contributed by atoms with Gasteiger partial charge in [-0.15, -0.1) is 22.7 Å². The Hall–Kier alpha value is -7.75. The lowest BCUT2D eigenvalue weighted by Crippen LogP contribution is -2.51. The van der Waals surface area contributed by atoms with E-state index >= 15 is 4.79 Å². The van der Waals surface area contributed by atoms with Crippen molar-refractivity contribution < 1.29 is 14.4 Å². The largest absolute Gasteiger partial charge is 0.379 e. The van der Waals surface area contributed by atoms with Crippen LogP contribution < -0.4 is 47.9 Å². The monoisotopic (exact) mass is 1100 g/mol. The number of rotatable bonds is 13. The molecule has 1 unspecified atom stereocenters. The van der Waals surface area contributed by atoms with Crippen LogP contribution in [-0.2, 0) is 17.6 Å². The number of aromatic nitrogens is 4. The molecule has 2 fully saturated rings. The summed E-state index contributed by atoms with van der Waals surface area (Å²) in [5.74, 6) is -1.08. The van der Waals surface area contributed by atoms with Gasteiger partial charge in [-0.2, -0.15) is 0 Å². The summed E-state index contributed by atoms with van der Waals surface area (Å²) >= 11 is 2.39. The number of nitrogens with zero attached hydrogens (tertiary/aromatic N) is 9. The molecule has 8 aromatic rings. The minimum atomic E-state index is -0.608. The van der Waals surface area contributed by atoms with Crippen molar-refractivity contribution in [1.82, 2.24) is 39.5 Å². The van der Waals surface area contributed by atoms with Gasteiger partial charge in [0.25, 0.3) is 22.9 Å². The number of likely N-dealkylation sites (N-methyl/N-ethyl adjacent to an activating group) is 1. The number of hydrogen-bond acceptors (Lipinski definition) is 15. The molecule has 2 saturated heterocycles. The normalized spacial score (nSPS) is 18.0. The molecule has 20 heteroatoms. The van der Waals surface area contributed by atoms with Crippen molar-refractivity contribution in [3.05, 3.63) is 151 Å². The van der Waals surface area contributed by atoms with E-state index < -0.39 is 17.2 Å². The molecule has 0 bridgehead atoms. The molecule has 4 aromatic carbocycles. The molecule has 4 aromatic heterocycles. The Balaban J connectivity index is 0.924.